The zero-order valence-corrected chi connectivity index (χ0v) is 42.9. The molecular formula is C58H96O6. The van der Waals surface area contributed by atoms with Gasteiger partial charge < -0.3 is 9.84 Å². The zero-order valence-electron chi connectivity index (χ0n) is 42.9. The lowest BCUT2D eigenvalue weighted by Gasteiger charge is -2.63. The van der Waals surface area contributed by atoms with Gasteiger partial charge in [0.25, 0.3) is 0 Å². The maximum atomic E-state index is 12.5. The molecule has 8 saturated carbocycles. The van der Waals surface area contributed by atoms with Crippen molar-refractivity contribution in [3.63, 3.8) is 0 Å². The third-order valence-electron chi connectivity index (χ3n) is 22.8. The summed E-state index contributed by atoms with van der Waals surface area (Å²) < 4.78 is 6.14. The summed E-state index contributed by atoms with van der Waals surface area (Å²) >= 11 is 0. The second kappa shape index (κ2) is 19.3. The summed E-state index contributed by atoms with van der Waals surface area (Å²) in [6, 6.07) is 0. The van der Waals surface area contributed by atoms with Gasteiger partial charge in [-0.05, 0) is 224 Å². The smallest absolute Gasteiger partial charge is 0.307 e. The number of aliphatic carboxylic acids is 1. The molecule has 0 spiro atoms. The number of fused-ring (bicyclic) bond motifs is 10. The van der Waals surface area contributed by atoms with E-state index in [1.54, 1.807) is 0 Å². The number of unbranched alkanes of at least 4 members (excludes halogenated alkanes) is 5. The van der Waals surface area contributed by atoms with Crippen LogP contribution in [0.4, 0.5) is 0 Å². The lowest BCUT2D eigenvalue weighted by atomic mass is 9.42. The molecule has 0 aromatic heterocycles. The molecule has 8 fully saturated rings. The van der Waals surface area contributed by atoms with Crippen molar-refractivity contribution in [2.45, 2.75) is 248 Å². The molecule has 8 aliphatic carbocycles. The van der Waals surface area contributed by atoms with Crippen LogP contribution in [-0.4, -0.2) is 34.2 Å². The Balaban J connectivity index is 0.000000191. The Bertz CT molecular complexity index is 1690. The Morgan fingerprint density at radius 1 is 0.531 bits per heavy atom. The minimum atomic E-state index is -0.560. The van der Waals surface area contributed by atoms with Gasteiger partial charge in [-0.1, -0.05) is 87.0 Å². The maximum Gasteiger partial charge on any atom is 0.307 e. The summed E-state index contributed by atoms with van der Waals surface area (Å²) in [6.45, 7) is 22.6. The van der Waals surface area contributed by atoms with Crippen LogP contribution in [0.25, 0.3) is 0 Å². The number of hydrogen-bond acceptors (Lipinski definition) is 5. The van der Waals surface area contributed by atoms with Crippen LogP contribution in [0.1, 0.15) is 243 Å². The number of ketones is 2. The van der Waals surface area contributed by atoms with Crippen molar-refractivity contribution in [3.05, 3.63) is 0 Å². The molecule has 0 radical (unpaired) electrons. The number of Topliss-reactive ketones (excluding diaryl/α,β-unsaturated/α-hetero) is 2. The normalized spacial score (nSPS) is 46.0. The molecule has 1 unspecified atom stereocenters. The molecule has 0 aromatic rings. The summed E-state index contributed by atoms with van der Waals surface area (Å²) in [4.78, 5) is 49.6. The number of carbonyl (C=O) groups is 4. The van der Waals surface area contributed by atoms with Crippen molar-refractivity contribution in [3.8, 4) is 0 Å². The number of carbonyl (C=O) groups excluding carboxylic acids is 3. The third kappa shape index (κ3) is 9.13. The fourth-order valence-corrected chi connectivity index (χ4v) is 19.0. The second-order valence-electron chi connectivity index (χ2n) is 26.1. The van der Waals surface area contributed by atoms with Crippen LogP contribution >= 0.6 is 0 Å². The minimum Gasteiger partial charge on any atom is -0.481 e. The van der Waals surface area contributed by atoms with E-state index in [1.165, 1.54) is 89.9 Å². The summed E-state index contributed by atoms with van der Waals surface area (Å²) in [6.07, 6.45) is 30.8. The molecule has 364 valence electrons. The first kappa shape index (κ1) is 50.2. The van der Waals surface area contributed by atoms with Crippen molar-refractivity contribution in [2.24, 2.45) is 92.2 Å². The Hall–Kier alpha value is -1.72. The van der Waals surface area contributed by atoms with Gasteiger partial charge in [-0.15, -0.1) is 0 Å². The van der Waals surface area contributed by atoms with Gasteiger partial charge in [-0.25, -0.2) is 0 Å². The van der Waals surface area contributed by atoms with Gasteiger partial charge in [0, 0.05) is 18.3 Å². The number of esters is 1. The first-order valence-electron chi connectivity index (χ1n) is 27.6. The van der Waals surface area contributed by atoms with E-state index in [0.717, 1.165) is 113 Å². The fourth-order valence-electron chi connectivity index (χ4n) is 19.0. The maximum absolute atomic E-state index is 12.5. The van der Waals surface area contributed by atoms with E-state index in [4.69, 9.17) is 4.74 Å². The second-order valence-corrected chi connectivity index (χ2v) is 26.1. The van der Waals surface area contributed by atoms with Crippen LogP contribution in [-0.2, 0) is 23.9 Å². The third-order valence-corrected chi connectivity index (χ3v) is 22.8. The van der Waals surface area contributed by atoms with Crippen LogP contribution < -0.4 is 0 Å². The van der Waals surface area contributed by atoms with E-state index in [1.807, 2.05) is 13.8 Å². The van der Waals surface area contributed by atoms with Gasteiger partial charge in [-0.2, -0.15) is 0 Å². The number of hydrogen-bond donors (Lipinski definition) is 1. The summed E-state index contributed by atoms with van der Waals surface area (Å²) in [5.74, 6) is 6.66. The molecular weight excluding hydrogens is 793 g/mol. The van der Waals surface area contributed by atoms with Gasteiger partial charge in [0.1, 0.15) is 17.2 Å². The van der Waals surface area contributed by atoms with Crippen molar-refractivity contribution >= 4 is 23.5 Å². The van der Waals surface area contributed by atoms with Gasteiger partial charge >= 0.3 is 11.9 Å². The SMILES string of the molecule is CCCCCC(C(=O)O)[C@]1(C)CC[C@@]2(C)[C@@H](CC[C@@H]3[C@@H]2CC[C@]2(C)[C@@H](C(C)=O)CC[C@@H]32)C1.CCCCCCC(=O)O[C@]1(C)CC[C@@]2(C)[C@@H](CC[C@@H]3[C@@H]2CC[C@]2(C)[C@@H](C(C)=O)CC[C@@H]32)C1. The highest BCUT2D eigenvalue weighted by Gasteiger charge is 2.64. The Morgan fingerprint density at radius 3 is 1.52 bits per heavy atom. The van der Waals surface area contributed by atoms with Gasteiger partial charge in [-0.3, -0.25) is 19.2 Å². The van der Waals surface area contributed by atoms with Crippen LogP contribution in [0.2, 0.25) is 0 Å². The molecule has 0 aliphatic heterocycles. The lowest BCUT2D eigenvalue weighted by Crippen LogP contribution is -2.56. The van der Waals surface area contributed by atoms with Gasteiger partial charge in [0.2, 0.25) is 0 Å². The minimum absolute atomic E-state index is 0.0237. The highest BCUT2D eigenvalue weighted by Crippen LogP contribution is 2.71. The molecule has 0 bridgehead atoms. The first-order chi connectivity index (χ1) is 30.2. The standard InChI is InChI=1S/2C29H48O3/c1-6-7-8-9-25(26(31)32)27(3)16-17-28(4)20(18-27)10-11-21-23-13-12-22(19(2)30)29(23,5)15-14-24(21)28;1-6-7-8-9-10-26(31)32-27(3)17-18-28(4)21(19-27)11-12-22-24-14-13-23(20(2)30)29(24,5)16-15-25(22)28/h20-25H,6-18H2,1-5H3,(H,31,32);21-25H,6-19H2,1-5H3/t20-,21-,22+,23-,24-,25?,27+,28-,29+;21-,22-,23+,24-,25-,27+,28-,29+/m00/s1. The van der Waals surface area contributed by atoms with Crippen LogP contribution in [0.15, 0.2) is 0 Å². The average molecular weight is 889 g/mol. The zero-order chi connectivity index (χ0) is 46.5. The van der Waals surface area contributed by atoms with E-state index >= 15 is 0 Å². The number of ether oxygens (including phenoxy) is 1. The Kier molecular flexibility index (Phi) is 15.2. The molecule has 8 aliphatic rings. The summed E-state index contributed by atoms with van der Waals surface area (Å²) in [5.41, 5.74) is 0.901. The largest absolute Gasteiger partial charge is 0.481 e. The first-order valence-corrected chi connectivity index (χ1v) is 27.6. The van der Waals surface area contributed by atoms with E-state index in [0.29, 0.717) is 46.6 Å². The Morgan fingerprint density at radius 2 is 1.02 bits per heavy atom. The molecule has 17 atom stereocenters. The highest BCUT2D eigenvalue weighted by molar-refractivity contribution is 5.80. The van der Waals surface area contributed by atoms with E-state index < -0.39 is 5.97 Å². The van der Waals surface area contributed by atoms with E-state index in [-0.39, 0.29) is 39.7 Å². The van der Waals surface area contributed by atoms with Gasteiger partial charge in [0.05, 0.1) is 5.92 Å². The van der Waals surface area contributed by atoms with Crippen molar-refractivity contribution in [2.75, 3.05) is 0 Å². The van der Waals surface area contributed by atoms with Crippen molar-refractivity contribution in [1.82, 2.24) is 0 Å². The number of carboxylic acids is 1. The van der Waals surface area contributed by atoms with Crippen molar-refractivity contribution < 1.29 is 29.0 Å². The van der Waals surface area contributed by atoms with Crippen LogP contribution in [0.5, 0.6) is 0 Å². The fraction of sp³-hybridized carbons (Fsp3) is 0.931. The number of carboxylic acid groups (broad SMARTS) is 1. The highest BCUT2D eigenvalue weighted by atomic mass is 16.6. The van der Waals surface area contributed by atoms with E-state index in [2.05, 4.69) is 55.4 Å². The summed E-state index contributed by atoms with van der Waals surface area (Å²) in [7, 11) is 0. The average Bonchev–Trinajstić information content (AvgIpc) is 3.79. The quantitative estimate of drug-likeness (QED) is 0.138. The van der Waals surface area contributed by atoms with Crippen LogP contribution in [0.3, 0.4) is 0 Å². The molecule has 0 saturated heterocycles. The molecule has 8 rings (SSSR count). The summed E-state index contributed by atoms with van der Waals surface area (Å²) in [5, 5.41) is 10.1. The van der Waals surface area contributed by atoms with Gasteiger partial charge in [0.15, 0.2) is 0 Å². The monoisotopic (exact) mass is 889 g/mol. The van der Waals surface area contributed by atoms with Crippen LogP contribution in [0, 0.1) is 92.2 Å². The molecule has 64 heavy (non-hydrogen) atoms. The molecule has 0 heterocycles. The predicted octanol–water partition coefficient (Wildman–Crippen LogP) is 15.0. The lowest BCUT2D eigenvalue weighted by molar-refractivity contribution is -0.181. The molecule has 6 heteroatoms. The molecule has 1 N–H and O–H groups in total. The Labute approximate surface area is 391 Å². The molecule has 0 amide bonds. The van der Waals surface area contributed by atoms with E-state index in [9.17, 15) is 24.3 Å². The molecule has 6 nitrogen and oxygen atoms in total. The topological polar surface area (TPSA) is 97.7 Å². The molecule has 0 aromatic carbocycles. The predicted molar refractivity (Wildman–Crippen MR) is 258 cm³/mol. The number of rotatable bonds is 14. The van der Waals surface area contributed by atoms with Crippen molar-refractivity contribution in [1.29, 1.82) is 0 Å².